The third-order valence-electron chi connectivity index (χ3n) is 1.55. The van der Waals surface area contributed by atoms with Crippen LogP contribution in [0.15, 0.2) is 24.3 Å². The number of rotatable bonds is 2. The highest BCUT2D eigenvalue weighted by Crippen LogP contribution is 2.02. The summed E-state index contributed by atoms with van der Waals surface area (Å²) in [6.07, 6.45) is 0. The molecule has 14 heavy (non-hydrogen) atoms. The summed E-state index contributed by atoms with van der Waals surface area (Å²) in [5.74, 6) is 0. The van der Waals surface area contributed by atoms with Crippen LogP contribution in [0, 0.1) is 11.3 Å². The Hall–Kier alpha value is -1.31. The van der Waals surface area contributed by atoms with Crippen LogP contribution >= 0.6 is 24.6 Å². The van der Waals surface area contributed by atoms with E-state index < -0.39 is 0 Å². The van der Waals surface area contributed by atoms with Gasteiger partial charge in [0.1, 0.15) is 0 Å². The molecule has 3 N–H and O–H groups in total. The van der Waals surface area contributed by atoms with Crippen LogP contribution in [0.1, 0.15) is 11.1 Å². The average Bonchev–Trinajstić information content (AvgIpc) is 2.15. The zero-order chi connectivity index (χ0) is 9.68. The van der Waals surface area contributed by atoms with Crippen molar-refractivity contribution >= 4 is 29.7 Å². The Bertz CT molecular complexity index is 342. The number of hydrogen-bond acceptors (Lipinski definition) is 2. The molecule has 0 saturated carbocycles. The van der Waals surface area contributed by atoms with Crippen LogP contribution in [0.3, 0.4) is 0 Å². The van der Waals surface area contributed by atoms with E-state index in [0.717, 1.165) is 5.56 Å². The van der Waals surface area contributed by atoms with Crippen LogP contribution in [0.25, 0.3) is 0 Å². The molecule has 0 spiro atoms. The molecule has 0 atom stereocenters. The lowest BCUT2D eigenvalue weighted by Crippen LogP contribution is -2.28. The van der Waals surface area contributed by atoms with Gasteiger partial charge in [0.15, 0.2) is 5.11 Å². The molecule has 0 unspecified atom stereocenters. The zero-order valence-corrected chi connectivity index (χ0v) is 8.99. The van der Waals surface area contributed by atoms with Gasteiger partial charge in [-0.15, -0.1) is 12.4 Å². The quantitative estimate of drug-likeness (QED) is 0.748. The molecule has 0 heterocycles. The Morgan fingerprint density at radius 3 is 2.43 bits per heavy atom. The summed E-state index contributed by atoms with van der Waals surface area (Å²) < 4.78 is 0. The molecule has 0 amide bonds. The molecule has 0 aliphatic rings. The first-order valence-electron chi connectivity index (χ1n) is 3.74. The fourth-order valence-corrected chi connectivity index (χ4v) is 0.958. The van der Waals surface area contributed by atoms with Gasteiger partial charge in [-0.2, -0.15) is 5.26 Å². The summed E-state index contributed by atoms with van der Waals surface area (Å²) in [4.78, 5) is 0. The van der Waals surface area contributed by atoms with E-state index in [4.69, 9.17) is 11.0 Å². The molecular weight excluding hydrogens is 218 g/mol. The van der Waals surface area contributed by atoms with Crippen LogP contribution in [0.2, 0.25) is 0 Å². The highest BCUT2D eigenvalue weighted by atomic mass is 35.5. The molecule has 74 valence electrons. The third kappa shape index (κ3) is 4.08. The van der Waals surface area contributed by atoms with Crippen LogP contribution in [-0.4, -0.2) is 5.11 Å². The highest BCUT2D eigenvalue weighted by molar-refractivity contribution is 7.80. The van der Waals surface area contributed by atoms with Gasteiger partial charge in [0.2, 0.25) is 0 Å². The molecule has 1 aromatic carbocycles. The van der Waals surface area contributed by atoms with Crippen molar-refractivity contribution in [3.05, 3.63) is 35.4 Å². The minimum Gasteiger partial charge on any atom is -0.376 e. The predicted molar refractivity (Wildman–Crippen MR) is 62.0 cm³/mol. The van der Waals surface area contributed by atoms with E-state index in [1.54, 1.807) is 12.1 Å². The van der Waals surface area contributed by atoms with Crippen LogP contribution < -0.4 is 11.1 Å². The molecule has 0 radical (unpaired) electrons. The molecule has 5 heteroatoms. The van der Waals surface area contributed by atoms with Gasteiger partial charge >= 0.3 is 0 Å². The maximum Gasteiger partial charge on any atom is 0.163 e. The molecule has 0 bridgehead atoms. The number of nitrogens with two attached hydrogens (primary N) is 1. The van der Waals surface area contributed by atoms with E-state index >= 15 is 0 Å². The fourth-order valence-electron chi connectivity index (χ4n) is 0.886. The van der Waals surface area contributed by atoms with E-state index in [-0.39, 0.29) is 17.5 Å². The Morgan fingerprint density at radius 1 is 1.43 bits per heavy atom. The first-order valence-corrected chi connectivity index (χ1v) is 4.15. The Labute approximate surface area is 94.3 Å². The van der Waals surface area contributed by atoms with E-state index in [1.165, 1.54) is 0 Å². The summed E-state index contributed by atoms with van der Waals surface area (Å²) >= 11 is 4.66. The molecule has 0 aliphatic carbocycles. The fraction of sp³-hybridized carbons (Fsp3) is 0.111. The molecule has 0 aromatic heterocycles. The maximum absolute atomic E-state index is 8.54. The van der Waals surface area contributed by atoms with Crippen molar-refractivity contribution in [3.63, 3.8) is 0 Å². The lowest BCUT2D eigenvalue weighted by atomic mass is 10.1. The molecule has 1 rings (SSSR count). The third-order valence-corrected chi connectivity index (χ3v) is 1.69. The smallest absolute Gasteiger partial charge is 0.163 e. The second-order valence-corrected chi connectivity index (χ2v) is 2.97. The molecule has 0 fully saturated rings. The standard InChI is InChI=1S/C9H9N3S.ClH/c10-5-7-1-3-8(4-2-7)6-12-9(11)13;/h1-4H,6H2,(H3,11,12,13);1H. The minimum atomic E-state index is 0. The van der Waals surface area contributed by atoms with E-state index in [1.807, 2.05) is 18.2 Å². The highest BCUT2D eigenvalue weighted by Gasteiger charge is 1.93. The number of benzene rings is 1. The number of nitriles is 1. The molecule has 1 aromatic rings. The Morgan fingerprint density at radius 2 is 2.00 bits per heavy atom. The van der Waals surface area contributed by atoms with Gasteiger partial charge in [-0.3, -0.25) is 0 Å². The first kappa shape index (κ1) is 12.7. The minimum absolute atomic E-state index is 0. The average molecular weight is 228 g/mol. The summed E-state index contributed by atoms with van der Waals surface area (Å²) in [5, 5.41) is 11.6. The number of nitrogens with zero attached hydrogens (tertiary/aromatic N) is 1. The number of hydrogen-bond donors (Lipinski definition) is 2. The Kier molecular flexibility index (Phi) is 5.61. The van der Waals surface area contributed by atoms with Crippen LogP contribution in [0.4, 0.5) is 0 Å². The van der Waals surface area contributed by atoms with Gasteiger partial charge in [0, 0.05) is 6.54 Å². The van der Waals surface area contributed by atoms with Gasteiger partial charge in [0.05, 0.1) is 11.6 Å². The number of thiocarbonyl (C=S) groups is 1. The molecule has 0 aliphatic heterocycles. The van der Waals surface area contributed by atoms with E-state index in [0.29, 0.717) is 12.1 Å². The van der Waals surface area contributed by atoms with Gasteiger partial charge < -0.3 is 11.1 Å². The number of halogens is 1. The summed E-state index contributed by atoms with van der Waals surface area (Å²) in [6.45, 7) is 0.598. The lowest BCUT2D eigenvalue weighted by Gasteiger charge is -2.02. The van der Waals surface area contributed by atoms with E-state index in [2.05, 4.69) is 17.5 Å². The SMILES string of the molecule is Cl.N#Cc1ccc(CNC(N)=S)cc1. The maximum atomic E-state index is 8.54. The van der Waals surface area contributed by atoms with Gasteiger partial charge in [-0.25, -0.2) is 0 Å². The van der Waals surface area contributed by atoms with Crippen molar-refractivity contribution in [2.75, 3.05) is 0 Å². The normalized spacial score (nSPS) is 8.21. The molecular formula is C9H10ClN3S. The topological polar surface area (TPSA) is 61.8 Å². The van der Waals surface area contributed by atoms with Gasteiger partial charge in [0.25, 0.3) is 0 Å². The molecule has 0 saturated heterocycles. The van der Waals surface area contributed by atoms with E-state index in [9.17, 15) is 0 Å². The van der Waals surface area contributed by atoms with Crippen molar-refractivity contribution in [2.45, 2.75) is 6.54 Å². The van der Waals surface area contributed by atoms with Crippen molar-refractivity contribution in [3.8, 4) is 6.07 Å². The van der Waals surface area contributed by atoms with Crippen molar-refractivity contribution in [2.24, 2.45) is 5.73 Å². The largest absolute Gasteiger partial charge is 0.376 e. The van der Waals surface area contributed by atoms with Crippen molar-refractivity contribution in [1.29, 1.82) is 5.26 Å². The Balaban J connectivity index is 0.00000169. The summed E-state index contributed by atoms with van der Waals surface area (Å²) in [7, 11) is 0. The van der Waals surface area contributed by atoms with Crippen molar-refractivity contribution < 1.29 is 0 Å². The predicted octanol–water partition coefficient (Wildman–Crippen LogP) is 1.31. The van der Waals surface area contributed by atoms with Crippen LogP contribution in [-0.2, 0) is 6.54 Å². The second kappa shape index (κ2) is 6.19. The molecule has 3 nitrogen and oxygen atoms in total. The monoisotopic (exact) mass is 227 g/mol. The zero-order valence-electron chi connectivity index (χ0n) is 7.36. The van der Waals surface area contributed by atoms with Gasteiger partial charge in [-0.05, 0) is 29.9 Å². The second-order valence-electron chi connectivity index (χ2n) is 2.53. The van der Waals surface area contributed by atoms with Crippen molar-refractivity contribution in [1.82, 2.24) is 5.32 Å². The summed E-state index contributed by atoms with van der Waals surface area (Å²) in [6, 6.07) is 9.30. The summed E-state index contributed by atoms with van der Waals surface area (Å²) in [5.41, 5.74) is 6.96. The van der Waals surface area contributed by atoms with Gasteiger partial charge in [-0.1, -0.05) is 12.1 Å². The lowest BCUT2D eigenvalue weighted by molar-refractivity contribution is 0.920. The van der Waals surface area contributed by atoms with Crippen LogP contribution in [0.5, 0.6) is 0 Å². The number of nitrogens with one attached hydrogen (secondary N) is 1. The first-order chi connectivity index (χ1) is 6.22.